The minimum atomic E-state index is 0.0802. The van der Waals surface area contributed by atoms with Crippen molar-refractivity contribution in [3.05, 3.63) is 58.6 Å². The molecule has 2 aromatic rings. The lowest BCUT2D eigenvalue weighted by Gasteiger charge is -2.11. The van der Waals surface area contributed by atoms with Crippen LogP contribution >= 0.6 is 11.6 Å². The fourth-order valence-electron chi connectivity index (χ4n) is 1.83. The Morgan fingerprint density at radius 3 is 2.47 bits per heavy atom. The van der Waals surface area contributed by atoms with Gasteiger partial charge in [0, 0.05) is 6.04 Å². The number of halogens is 1. The lowest BCUT2D eigenvalue weighted by atomic mass is 10.1. The van der Waals surface area contributed by atoms with Crippen molar-refractivity contribution in [3.8, 4) is 11.5 Å². The normalized spacial score (nSPS) is 12.2. The van der Waals surface area contributed by atoms with E-state index in [9.17, 15) is 0 Å². The average Bonchev–Trinajstić information content (AvgIpc) is 2.43. The zero-order chi connectivity index (χ0) is 13.8. The molecule has 0 spiro atoms. The Hall–Kier alpha value is -1.51. The molecule has 2 nitrogen and oxygen atoms in total. The molecule has 3 heteroatoms. The van der Waals surface area contributed by atoms with Crippen LogP contribution in [0.3, 0.4) is 0 Å². The monoisotopic (exact) mass is 275 g/mol. The number of nitrogens with two attached hydrogens (primary N) is 1. The van der Waals surface area contributed by atoms with Crippen LogP contribution in [0.4, 0.5) is 0 Å². The molecule has 2 aromatic carbocycles. The van der Waals surface area contributed by atoms with Gasteiger partial charge in [0.15, 0.2) is 0 Å². The van der Waals surface area contributed by atoms with Crippen molar-refractivity contribution in [1.29, 1.82) is 0 Å². The average molecular weight is 276 g/mol. The third-order valence-electron chi connectivity index (χ3n) is 3.06. The molecule has 19 heavy (non-hydrogen) atoms. The first kappa shape index (κ1) is 13.9. The van der Waals surface area contributed by atoms with Crippen LogP contribution in [-0.4, -0.2) is 0 Å². The molecule has 0 aliphatic heterocycles. The second-order valence-electron chi connectivity index (χ2n) is 4.62. The minimum absolute atomic E-state index is 0.0802. The summed E-state index contributed by atoms with van der Waals surface area (Å²) in [5.41, 5.74) is 8.21. The van der Waals surface area contributed by atoms with Gasteiger partial charge in [0.25, 0.3) is 0 Å². The maximum atomic E-state index is 6.11. The van der Waals surface area contributed by atoms with E-state index in [2.05, 4.69) is 6.92 Å². The molecule has 0 aliphatic carbocycles. The molecule has 0 bridgehead atoms. The van der Waals surface area contributed by atoms with Crippen molar-refractivity contribution in [2.75, 3.05) is 0 Å². The van der Waals surface area contributed by atoms with Crippen molar-refractivity contribution >= 4 is 11.6 Å². The molecule has 1 atom stereocenters. The zero-order valence-corrected chi connectivity index (χ0v) is 11.9. The van der Waals surface area contributed by atoms with Crippen molar-refractivity contribution in [2.24, 2.45) is 5.73 Å². The third-order valence-corrected chi connectivity index (χ3v) is 3.37. The summed E-state index contributed by atoms with van der Waals surface area (Å²) in [6.45, 7) is 4.08. The third kappa shape index (κ3) is 3.49. The summed E-state index contributed by atoms with van der Waals surface area (Å²) in [5, 5.41) is 0.611. The number of rotatable bonds is 4. The Balaban J connectivity index is 2.17. The smallest absolute Gasteiger partial charge is 0.146 e. The highest BCUT2D eigenvalue weighted by Crippen LogP contribution is 2.30. The van der Waals surface area contributed by atoms with Gasteiger partial charge in [0.05, 0.1) is 5.02 Å². The zero-order valence-electron chi connectivity index (χ0n) is 11.2. The predicted molar refractivity (Wildman–Crippen MR) is 79.9 cm³/mol. The largest absolute Gasteiger partial charge is 0.456 e. The second kappa shape index (κ2) is 6.09. The number of aryl methyl sites for hydroxylation is 1. The van der Waals surface area contributed by atoms with Gasteiger partial charge in [-0.2, -0.15) is 0 Å². The molecule has 0 aromatic heterocycles. The molecule has 2 N–H and O–H groups in total. The molecule has 0 saturated heterocycles. The molecular weight excluding hydrogens is 258 g/mol. The van der Waals surface area contributed by atoms with Crippen LogP contribution in [0.25, 0.3) is 0 Å². The van der Waals surface area contributed by atoms with Crippen LogP contribution < -0.4 is 10.5 Å². The first-order chi connectivity index (χ1) is 9.10. The van der Waals surface area contributed by atoms with Crippen LogP contribution in [0.15, 0.2) is 42.5 Å². The Morgan fingerprint density at radius 2 is 1.84 bits per heavy atom. The Kier molecular flexibility index (Phi) is 4.46. The van der Waals surface area contributed by atoms with Gasteiger partial charge in [-0.25, -0.2) is 0 Å². The topological polar surface area (TPSA) is 35.2 Å². The Labute approximate surface area is 119 Å². The molecule has 0 aliphatic rings. The molecule has 100 valence electrons. The molecule has 2 rings (SSSR count). The second-order valence-corrected chi connectivity index (χ2v) is 5.03. The maximum Gasteiger partial charge on any atom is 0.146 e. The summed E-state index contributed by atoms with van der Waals surface area (Å²) in [6.07, 6.45) is 0.921. The fourth-order valence-corrected chi connectivity index (χ4v) is 1.99. The van der Waals surface area contributed by atoms with E-state index in [1.54, 1.807) is 0 Å². The first-order valence-electron chi connectivity index (χ1n) is 6.39. The molecule has 0 amide bonds. The van der Waals surface area contributed by atoms with E-state index in [1.165, 1.54) is 0 Å². The van der Waals surface area contributed by atoms with Gasteiger partial charge in [-0.1, -0.05) is 36.7 Å². The summed E-state index contributed by atoms with van der Waals surface area (Å²) in [5.74, 6) is 1.44. The van der Waals surface area contributed by atoms with E-state index in [-0.39, 0.29) is 6.04 Å². The van der Waals surface area contributed by atoms with Gasteiger partial charge in [-0.3, -0.25) is 0 Å². The van der Waals surface area contributed by atoms with E-state index in [0.717, 1.165) is 23.3 Å². The van der Waals surface area contributed by atoms with Crippen molar-refractivity contribution in [3.63, 3.8) is 0 Å². The highest BCUT2D eigenvalue weighted by molar-refractivity contribution is 6.32. The molecule has 0 fully saturated rings. The van der Waals surface area contributed by atoms with Gasteiger partial charge in [0.1, 0.15) is 11.5 Å². The first-order valence-corrected chi connectivity index (χ1v) is 6.77. The summed E-state index contributed by atoms with van der Waals surface area (Å²) >= 11 is 6.11. The van der Waals surface area contributed by atoms with Crippen molar-refractivity contribution < 1.29 is 4.74 Å². The van der Waals surface area contributed by atoms with E-state index in [0.29, 0.717) is 10.8 Å². The summed E-state index contributed by atoms with van der Waals surface area (Å²) in [4.78, 5) is 0. The van der Waals surface area contributed by atoms with Gasteiger partial charge in [-0.15, -0.1) is 0 Å². The summed E-state index contributed by atoms with van der Waals surface area (Å²) < 4.78 is 5.79. The molecule has 0 radical (unpaired) electrons. The molecule has 0 heterocycles. The van der Waals surface area contributed by atoms with E-state index in [1.807, 2.05) is 49.4 Å². The van der Waals surface area contributed by atoms with Crippen LogP contribution in [-0.2, 0) is 0 Å². The highest BCUT2D eigenvalue weighted by atomic mass is 35.5. The lowest BCUT2D eigenvalue weighted by Crippen LogP contribution is -2.08. The lowest BCUT2D eigenvalue weighted by molar-refractivity contribution is 0.482. The van der Waals surface area contributed by atoms with Crippen molar-refractivity contribution in [2.45, 2.75) is 26.3 Å². The summed E-state index contributed by atoms with van der Waals surface area (Å²) in [7, 11) is 0. The number of ether oxygens (including phenoxy) is 1. The van der Waals surface area contributed by atoms with E-state index in [4.69, 9.17) is 22.1 Å². The quantitative estimate of drug-likeness (QED) is 0.866. The van der Waals surface area contributed by atoms with Gasteiger partial charge >= 0.3 is 0 Å². The number of benzene rings is 2. The van der Waals surface area contributed by atoms with E-state index >= 15 is 0 Å². The molecular formula is C16H18ClNO. The van der Waals surface area contributed by atoms with E-state index < -0.39 is 0 Å². The molecule has 0 saturated carbocycles. The van der Waals surface area contributed by atoms with Crippen LogP contribution in [0, 0.1) is 6.92 Å². The van der Waals surface area contributed by atoms with Crippen LogP contribution in [0.2, 0.25) is 5.02 Å². The fraction of sp³-hybridized carbons (Fsp3) is 0.250. The Bertz CT molecular complexity index is 551. The summed E-state index contributed by atoms with van der Waals surface area (Å²) in [6, 6.07) is 13.6. The maximum absolute atomic E-state index is 6.11. The number of hydrogen-bond acceptors (Lipinski definition) is 2. The van der Waals surface area contributed by atoms with Crippen LogP contribution in [0.5, 0.6) is 11.5 Å². The van der Waals surface area contributed by atoms with Gasteiger partial charge in [0.2, 0.25) is 0 Å². The van der Waals surface area contributed by atoms with Crippen LogP contribution in [0.1, 0.15) is 30.5 Å². The minimum Gasteiger partial charge on any atom is -0.456 e. The van der Waals surface area contributed by atoms with Gasteiger partial charge < -0.3 is 10.5 Å². The Morgan fingerprint density at radius 1 is 1.16 bits per heavy atom. The standard InChI is InChI=1S/C16H18ClNO/c1-3-15(18)12-5-7-13(8-6-12)19-16-10-11(2)4-9-14(16)17/h4-10,15H,3,18H2,1-2H3. The highest BCUT2D eigenvalue weighted by Gasteiger charge is 2.06. The van der Waals surface area contributed by atoms with Crippen molar-refractivity contribution in [1.82, 2.24) is 0 Å². The van der Waals surface area contributed by atoms with Gasteiger partial charge in [-0.05, 0) is 48.7 Å². The predicted octanol–water partition coefficient (Wildman–Crippen LogP) is 4.85. The SMILES string of the molecule is CCC(N)c1ccc(Oc2cc(C)ccc2Cl)cc1. The number of hydrogen-bond donors (Lipinski definition) is 1. The molecule has 1 unspecified atom stereocenters.